The molecule has 0 aliphatic heterocycles. The summed E-state index contributed by atoms with van der Waals surface area (Å²) in [4.78, 5) is 25.1. The number of pyridine rings is 2. The van der Waals surface area contributed by atoms with E-state index in [1.165, 1.54) is 0 Å². The quantitative estimate of drug-likeness (QED) is 0.393. The summed E-state index contributed by atoms with van der Waals surface area (Å²) in [5, 5.41) is 2.74. The molecule has 0 unspecified atom stereocenters. The summed E-state index contributed by atoms with van der Waals surface area (Å²) in [6.07, 6.45) is 1.72. The lowest BCUT2D eigenvalue weighted by atomic mass is 9.98. The summed E-state index contributed by atoms with van der Waals surface area (Å²) in [6, 6.07) is 17.8. The van der Waals surface area contributed by atoms with Crippen LogP contribution < -0.4 is 4.74 Å². The van der Waals surface area contributed by atoms with Crippen molar-refractivity contribution in [2.75, 3.05) is 7.11 Å². The molecule has 2 heterocycles. The van der Waals surface area contributed by atoms with Crippen molar-refractivity contribution in [2.45, 2.75) is 39.8 Å². The van der Waals surface area contributed by atoms with Gasteiger partial charge in [-0.3, -0.25) is 9.78 Å². The van der Waals surface area contributed by atoms with Crippen LogP contribution in [0.5, 0.6) is 5.75 Å². The zero-order valence-corrected chi connectivity index (χ0v) is 18.6. The number of rotatable bonds is 5. The van der Waals surface area contributed by atoms with Gasteiger partial charge < -0.3 is 9.64 Å². The van der Waals surface area contributed by atoms with Gasteiger partial charge in [0, 0.05) is 34.6 Å². The highest BCUT2D eigenvalue weighted by Gasteiger charge is 2.26. The van der Waals surface area contributed by atoms with Gasteiger partial charge in [-0.25, -0.2) is 4.98 Å². The Morgan fingerprint density at radius 2 is 1.68 bits per heavy atom. The third-order valence-corrected chi connectivity index (χ3v) is 5.51. The number of benzene rings is 2. The summed E-state index contributed by atoms with van der Waals surface area (Å²) in [5.41, 5.74) is 2.92. The molecule has 0 saturated carbocycles. The smallest absolute Gasteiger partial charge is 0.273 e. The average molecular weight is 414 g/mol. The number of hydrogen-bond donors (Lipinski definition) is 0. The minimum atomic E-state index is -0.0863. The minimum Gasteiger partial charge on any atom is -0.497 e. The number of fused-ring (bicyclic) bond motifs is 3. The minimum absolute atomic E-state index is 0.0539. The SMILES string of the molecule is COc1cccc(-c2nc3ccccc3c3ccnc(C(=O)N(C(C)C)C(C)C)c23)c1. The second-order valence-corrected chi connectivity index (χ2v) is 8.19. The van der Waals surface area contributed by atoms with Crippen LogP contribution in [-0.4, -0.2) is 40.0 Å². The molecular formula is C26H27N3O2. The predicted octanol–water partition coefficient (Wildman–Crippen LogP) is 5.72. The summed E-state index contributed by atoms with van der Waals surface area (Å²) in [7, 11) is 1.64. The Balaban J connectivity index is 2.09. The van der Waals surface area contributed by atoms with Gasteiger partial charge in [-0.2, -0.15) is 0 Å². The Bertz CT molecular complexity index is 1260. The molecule has 0 radical (unpaired) electrons. The van der Waals surface area contributed by atoms with Crippen molar-refractivity contribution in [2.24, 2.45) is 0 Å². The number of ether oxygens (including phenoxy) is 1. The molecule has 31 heavy (non-hydrogen) atoms. The van der Waals surface area contributed by atoms with Crippen molar-refractivity contribution in [3.05, 3.63) is 66.5 Å². The summed E-state index contributed by atoms with van der Waals surface area (Å²) in [6.45, 7) is 8.11. The molecule has 5 heteroatoms. The van der Waals surface area contributed by atoms with E-state index in [2.05, 4.69) is 4.98 Å². The van der Waals surface area contributed by atoms with Gasteiger partial charge in [0.2, 0.25) is 0 Å². The maximum Gasteiger partial charge on any atom is 0.273 e. The monoisotopic (exact) mass is 413 g/mol. The topological polar surface area (TPSA) is 55.3 Å². The lowest BCUT2D eigenvalue weighted by molar-refractivity contribution is 0.0640. The highest BCUT2D eigenvalue weighted by Crippen LogP contribution is 2.35. The van der Waals surface area contributed by atoms with Crippen LogP contribution in [0.25, 0.3) is 32.9 Å². The molecule has 2 aromatic heterocycles. The van der Waals surface area contributed by atoms with Gasteiger partial charge in [-0.05, 0) is 57.3 Å². The van der Waals surface area contributed by atoms with E-state index in [9.17, 15) is 4.79 Å². The van der Waals surface area contributed by atoms with Crippen molar-refractivity contribution in [1.82, 2.24) is 14.9 Å². The number of nitrogens with zero attached hydrogens (tertiary/aromatic N) is 3. The van der Waals surface area contributed by atoms with E-state index in [-0.39, 0.29) is 18.0 Å². The lowest BCUT2D eigenvalue weighted by Gasteiger charge is -2.31. The van der Waals surface area contributed by atoms with Crippen LogP contribution in [0, 0.1) is 0 Å². The maximum atomic E-state index is 13.7. The van der Waals surface area contributed by atoms with Crippen LogP contribution in [0.2, 0.25) is 0 Å². The van der Waals surface area contributed by atoms with Crippen LogP contribution in [-0.2, 0) is 0 Å². The van der Waals surface area contributed by atoms with Crippen molar-refractivity contribution >= 4 is 27.6 Å². The van der Waals surface area contributed by atoms with E-state index in [1.807, 2.05) is 87.2 Å². The number of methoxy groups -OCH3 is 1. The Morgan fingerprint density at radius 1 is 0.935 bits per heavy atom. The Labute approximate surface area is 182 Å². The van der Waals surface area contributed by atoms with Crippen LogP contribution in [0.4, 0.5) is 0 Å². The van der Waals surface area contributed by atoms with E-state index in [0.29, 0.717) is 5.69 Å². The molecule has 0 aliphatic carbocycles. The fourth-order valence-electron chi connectivity index (χ4n) is 4.23. The maximum absolute atomic E-state index is 13.7. The number of hydrogen-bond acceptors (Lipinski definition) is 4. The summed E-state index contributed by atoms with van der Waals surface area (Å²) < 4.78 is 5.44. The summed E-state index contributed by atoms with van der Waals surface area (Å²) in [5.74, 6) is 0.653. The third kappa shape index (κ3) is 3.72. The zero-order valence-electron chi connectivity index (χ0n) is 18.6. The highest BCUT2D eigenvalue weighted by atomic mass is 16.5. The molecule has 2 aromatic carbocycles. The zero-order chi connectivity index (χ0) is 22.1. The average Bonchev–Trinajstić information content (AvgIpc) is 2.77. The predicted molar refractivity (Wildman–Crippen MR) is 125 cm³/mol. The number of amides is 1. The Hall–Kier alpha value is -3.47. The molecule has 0 atom stereocenters. The lowest BCUT2D eigenvalue weighted by Crippen LogP contribution is -2.42. The van der Waals surface area contributed by atoms with Crippen molar-refractivity contribution in [3.63, 3.8) is 0 Å². The molecule has 0 N–H and O–H groups in total. The molecule has 0 fully saturated rings. The van der Waals surface area contributed by atoms with Gasteiger partial charge in [0.15, 0.2) is 0 Å². The first-order valence-electron chi connectivity index (χ1n) is 10.6. The van der Waals surface area contributed by atoms with Crippen molar-refractivity contribution < 1.29 is 9.53 Å². The molecule has 158 valence electrons. The van der Waals surface area contributed by atoms with E-state index < -0.39 is 0 Å². The molecule has 1 amide bonds. The molecular weight excluding hydrogens is 386 g/mol. The molecule has 0 aliphatic rings. The molecule has 4 aromatic rings. The van der Waals surface area contributed by atoms with Gasteiger partial charge in [0.1, 0.15) is 11.4 Å². The van der Waals surface area contributed by atoms with Gasteiger partial charge in [-0.15, -0.1) is 0 Å². The Kier molecular flexibility index (Phi) is 5.59. The highest BCUT2D eigenvalue weighted by molar-refractivity contribution is 6.17. The van der Waals surface area contributed by atoms with Gasteiger partial charge in [0.25, 0.3) is 5.91 Å². The second kappa shape index (κ2) is 8.34. The third-order valence-electron chi connectivity index (χ3n) is 5.51. The number of para-hydroxylation sites is 1. The van der Waals surface area contributed by atoms with Crippen LogP contribution >= 0.6 is 0 Å². The first kappa shape index (κ1) is 20.8. The summed E-state index contributed by atoms with van der Waals surface area (Å²) >= 11 is 0. The molecule has 4 rings (SSSR count). The van der Waals surface area contributed by atoms with Crippen molar-refractivity contribution in [3.8, 4) is 17.0 Å². The second-order valence-electron chi connectivity index (χ2n) is 8.19. The largest absolute Gasteiger partial charge is 0.497 e. The molecule has 0 saturated heterocycles. The van der Waals surface area contributed by atoms with Crippen molar-refractivity contribution in [1.29, 1.82) is 0 Å². The molecule has 0 spiro atoms. The van der Waals surface area contributed by atoms with Crippen LogP contribution in [0.15, 0.2) is 60.8 Å². The van der Waals surface area contributed by atoms with Gasteiger partial charge >= 0.3 is 0 Å². The number of aromatic nitrogens is 2. The van der Waals surface area contributed by atoms with Gasteiger partial charge in [-0.1, -0.05) is 30.3 Å². The van der Waals surface area contributed by atoms with E-state index >= 15 is 0 Å². The molecule has 5 nitrogen and oxygen atoms in total. The number of carbonyl (C=O) groups is 1. The first-order valence-corrected chi connectivity index (χ1v) is 10.6. The fourth-order valence-corrected chi connectivity index (χ4v) is 4.23. The van der Waals surface area contributed by atoms with Crippen LogP contribution in [0.1, 0.15) is 38.2 Å². The van der Waals surface area contributed by atoms with E-state index in [0.717, 1.165) is 38.7 Å². The number of carbonyl (C=O) groups excluding carboxylic acids is 1. The Morgan fingerprint density at radius 3 is 2.39 bits per heavy atom. The van der Waals surface area contributed by atoms with E-state index in [4.69, 9.17) is 9.72 Å². The normalized spacial score (nSPS) is 11.5. The van der Waals surface area contributed by atoms with E-state index in [1.54, 1.807) is 13.3 Å². The first-order chi connectivity index (χ1) is 14.9. The standard InChI is InChI=1S/C26H27N3O2/c1-16(2)29(17(3)4)26(30)25-23-21(13-14-27-25)20-11-6-7-12-22(20)28-24(23)18-9-8-10-19(15-18)31-5/h6-17H,1-5H3. The van der Waals surface area contributed by atoms with Gasteiger partial charge in [0.05, 0.1) is 18.3 Å². The fraction of sp³-hybridized carbons (Fsp3) is 0.269. The molecule has 0 bridgehead atoms. The van der Waals surface area contributed by atoms with Crippen LogP contribution in [0.3, 0.4) is 0 Å².